The lowest BCUT2D eigenvalue weighted by atomic mass is 10.0. The zero-order chi connectivity index (χ0) is 11.9. The number of para-hydroxylation sites is 1. The molecule has 5 heteroatoms. The van der Waals surface area contributed by atoms with Gasteiger partial charge in [0.1, 0.15) is 5.75 Å². The van der Waals surface area contributed by atoms with Gasteiger partial charge in [-0.05, 0) is 25.5 Å². The normalized spacial score (nSPS) is 23.0. The molecule has 2 rings (SSSR count). The predicted molar refractivity (Wildman–Crippen MR) is 56.5 cm³/mol. The van der Waals surface area contributed by atoms with Gasteiger partial charge in [0.2, 0.25) is 0 Å². The summed E-state index contributed by atoms with van der Waals surface area (Å²) in [5.41, 5.74) is -0.495. The molecule has 0 spiro atoms. The molecule has 16 heavy (non-hydrogen) atoms. The van der Waals surface area contributed by atoms with Crippen LogP contribution in [-0.4, -0.2) is 22.6 Å². The van der Waals surface area contributed by atoms with E-state index in [0.29, 0.717) is 11.4 Å². The molecule has 1 aromatic rings. The molecule has 1 atom stereocenters. The molecule has 1 aliphatic heterocycles. The summed E-state index contributed by atoms with van der Waals surface area (Å²) in [6.07, 6.45) is 0. The summed E-state index contributed by atoms with van der Waals surface area (Å²) in [6, 6.07) is 5.18. The Kier molecular flexibility index (Phi) is 2.11. The van der Waals surface area contributed by atoms with E-state index in [2.05, 4.69) is 5.32 Å². The molecular formula is C11H11NO4. The predicted octanol–water partition coefficient (Wildman–Crippen LogP) is 1.17. The number of fused-ring (bicyclic) bond motifs is 1. The molecule has 1 heterocycles. The van der Waals surface area contributed by atoms with Gasteiger partial charge in [0, 0.05) is 0 Å². The van der Waals surface area contributed by atoms with E-state index < -0.39 is 17.5 Å². The van der Waals surface area contributed by atoms with Crippen molar-refractivity contribution in [2.75, 3.05) is 5.32 Å². The number of hydrogen-bond acceptors (Lipinski definition) is 3. The van der Waals surface area contributed by atoms with Crippen LogP contribution < -0.4 is 10.1 Å². The first-order valence-corrected chi connectivity index (χ1v) is 4.78. The Morgan fingerprint density at radius 3 is 2.81 bits per heavy atom. The van der Waals surface area contributed by atoms with Gasteiger partial charge in [0.15, 0.2) is 0 Å². The van der Waals surface area contributed by atoms with Crippen LogP contribution in [0.3, 0.4) is 0 Å². The fourth-order valence-corrected chi connectivity index (χ4v) is 1.53. The monoisotopic (exact) mass is 221 g/mol. The van der Waals surface area contributed by atoms with Gasteiger partial charge in [0.25, 0.3) is 11.5 Å². The maximum Gasteiger partial charge on any atom is 0.357 e. The third kappa shape index (κ3) is 1.32. The molecule has 1 aliphatic rings. The van der Waals surface area contributed by atoms with Crippen LogP contribution in [0.1, 0.15) is 12.5 Å². The van der Waals surface area contributed by atoms with Crippen LogP contribution in [0.5, 0.6) is 5.75 Å². The van der Waals surface area contributed by atoms with Gasteiger partial charge in [-0.15, -0.1) is 0 Å². The molecule has 0 aromatic heterocycles. The summed E-state index contributed by atoms with van der Waals surface area (Å²) in [5.74, 6) is -1.59. The van der Waals surface area contributed by atoms with Crippen LogP contribution in [0.25, 0.3) is 0 Å². The second kappa shape index (κ2) is 3.23. The van der Waals surface area contributed by atoms with E-state index in [1.807, 2.05) is 13.0 Å². The number of nitrogens with one attached hydrogen (secondary N) is 1. The highest BCUT2D eigenvalue weighted by molar-refractivity contribution is 6.13. The maximum absolute atomic E-state index is 11.7. The van der Waals surface area contributed by atoms with Crippen molar-refractivity contribution in [2.45, 2.75) is 19.4 Å². The minimum absolute atomic E-state index is 0.379. The van der Waals surface area contributed by atoms with E-state index in [1.54, 1.807) is 12.1 Å². The summed E-state index contributed by atoms with van der Waals surface area (Å²) >= 11 is 0. The number of carbonyl (C=O) groups is 2. The highest BCUT2D eigenvalue weighted by atomic mass is 16.5. The lowest BCUT2D eigenvalue weighted by molar-refractivity contribution is -0.159. The maximum atomic E-state index is 11.7. The number of hydrogen-bond donors (Lipinski definition) is 2. The summed E-state index contributed by atoms with van der Waals surface area (Å²) in [4.78, 5) is 22.7. The Hall–Kier alpha value is -2.04. The van der Waals surface area contributed by atoms with Crippen molar-refractivity contribution in [2.24, 2.45) is 0 Å². The van der Waals surface area contributed by atoms with Crippen molar-refractivity contribution >= 4 is 17.6 Å². The summed E-state index contributed by atoms with van der Waals surface area (Å²) in [6.45, 7) is 3.04. The number of carboxylic acids is 1. The van der Waals surface area contributed by atoms with E-state index in [-0.39, 0.29) is 0 Å². The van der Waals surface area contributed by atoms with Crippen molar-refractivity contribution in [3.63, 3.8) is 0 Å². The molecule has 0 radical (unpaired) electrons. The van der Waals surface area contributed by atoms with E-state index >= 15 is 0 Å². The minimum Gasteiger partial charge on any atom is -0.478 e. The number of rotatable bonds is 1. The van der Waals surface area contributed by atoms with Gasteiger partial charge in [0.05, 0.1) is 5.69 Å². The van der Waals surface area contributed by atoms with Crippen molar-refractivity contribution in [3.05, 3.63) is 23.8 Å². The SMILES string of the molecule is Cc1cccc2c1NC(=O)[C@@](C)(C(=O)O)O2. The molecule has 0 saturated heterocycles. The van der Waals surface area contributed by atoms with E-state index in [4.69, 9.17) is 9.84 Å². The Bertz CT molecular complexity index is 483. The van der Waals surface area contributed by atoms with Crippen LogP contribution in [0.2, 0.25) is 0 Å². The van der Waals surface area contributed by atoms with Crippen molar-refractivity contribution in [1.82, 2.24) is 0 Å². The third-order valence-electron chi connectivity index (χ3n) is 2.63. The number of aryl methyl sites for hydroxylation is 1. The lowest BCUT2D eigenvalue weighted by Crippen LogP contribution is -2.54. The van der Waals surface area contributed by atoms with Gasteiger partial charge in [-0.2, -0.15) is 0 Å². The average Bonchev–Trinajstić information content (AvgIpc) is 2.21. The van der Waals surface area contributed by atoms with Gasteiger partial charge in [-0.3, -0.25) is 4.79 Å². The molecule has 0 saturated carbocycles. The molecule has 5 nitrogen and oxygen atoms in total. The molecule has 0 fully saturated rings. The summed E-state index contributed by atoms with van der Waals surface area (Å²) in [7, 11) is 0. The van der Waals surface area contributed by atoms with E-state index in [9.17, 15) is 9.59 Å². The van der Waals surface area contributed by atoms with Gasteiger partial charge in [-0.1, -0.05) is 12.1 Å². The van der Waals surface area contributed by atoms with Crippen LogP contribution in [0.4, 0.5) is 5.69 Å². The van der Waals surface area contributed by atoms with Crippen molar-refractivity contribution in [1.29, 1.82) is 0 Å². The first-order valence-electron chi connectivity index (χ1n) is 4.78. The topological polar surface area (TPSA) is 75.6 Å². The van der Waals surface area contributed by atoms with E-state index in [0.717, 1.165) is 5.56 Å². The van der Waals surface area contributed by atoms with Gasteiger partial charge >= 0.3 is 5.97 Å². The second-order valence-corrected chi connectivity index (χ2v) is 3.84. The Morgan fingerprint density at radius 2 is 2.19 bits per heavy atom. The number of carboxylic acid groups (broad SMARTS) is 1. The molecule has 84 valence electrons. The molecule has 2 N–H and O–H groups in total. The lowest BCUT2D eigenvalue weighted by Gasteiger charge is -2.31. The highest BCUT2D eigenvalue weighted by Gasteiger charge is 2.47. The fourth-order valence-electron chi connectivity index (χ4n) is 1.53. The number of benzene rings is 1. The van der Waals surface area contributed by atoms with Gasteiger partial charge < -0.3 is 15.2 Å². The highest BCUT2D eigenvalue weighted by Crippen LogP contribution is 2.35. The first-order chi connectivity index (χ1) is 7.45. The number of carbonyl (C=O) groups excluding carboxylic acids is 1. The molecule has 0 unspecified atom stereocenters. The summed E-state index contributed by atoms with van der Waals surface area (Å²) in [5, 5.41) is 11.5. The number of amides is 1. The van der Waals surface area contributed by atoms with Crippen LogP contribution in [0, 0.1) is 6.92 Å². The molecule has 1 aromatic carbocycles. The number of anilines is 1. The number of ether oxygens (including phenoxy) is 1. The van der Waals surface area contributed by atoms with Crippen molar-refractivity contribution < 1.29 is 19.4 Å². The zero-order valence-corrected chi connectivity index (χ0v) is 8.90. The molecule has 1 amide bonds. The molecule has 0 bridgehead atoms. The Balaban J connectivity index is 2.51. The largest absolute Gasteiger partial charge is 0.478 e. The van der Waals surface area contributed by atoms with E-state index in [1.165, 1.54) is 6.92 Å². The molecular weight excluding hydrogens is 210 g/mol. The second-order valence-electron chi connectivity index (χ2n) is 3.84. The Morgan fingerprint density at radius 1 is 1.50 bits per heavy atom. The quantitative estimate of drug-likeness (QED) is 0.698. The van der Waals surface area contributed by atoms with Crippen LogP contribution in [0.15, 0.2) is 18.2 Å². The minimum atomic E-state index is -1.86. The smallest absolute Gasteiger partial charge is 0.357 e. The fraction of sp³-hybridized carbons (Fsp3) is 0.273. The number of aliphatic carboxylic acids is 1. The third-order valence-corrected chi connectivity index (χ3v) is 2.63. The first kappa shape index (κ1) is 10.5. The van der Waals surface area contributed by atoms with Crippen LogP contribution >= 0.6 is 0 Å². The van der Waals surface area contributed by atoms with Crippen molar-refractivity contribution in [3.8, 4) is 5.75 Å². The standard InChI is InChI=1S/C11H11NO4/c1-6-4-3-5-7-8(6)12-9(13)11(2,16-7)10(14)15/h3-5H,1-2H3,(H,12,13)(H,14,15)/t11-/m0/s1. The zero-order valence-electron chi connectivity index (χ0n) is 8.90. The van der Waals surface area contributed by atoms with Crippen LogP contribution in [-0.2, 0) is 9.59 Å². The van der Waals surface area contributed by atoms with Gasteiger partial charge in [-0.25, -0.2) is 4.79 Å². The Labute approximate surface area is 92.0 Å². The summed E-state index contributed by atoms with van der Waals surface area (Å²) < 4.78 is 5.26. The average molecular weight is 221 g/mol. The molecule has 0 aliphatic carbocycles.